The third-order valence-electron chi connectivity index (χ3n) is 5.78. The molecule has 0 fully saturated rings. The number of hydrogen-bond acceptors (Lipinski definition) is 5. The number of nitrogens with zero attached hydrogens (tertiary/aromatic N) is 5. The Morgan fingerprint density at radius 3 is 2.30 bits per heavy atom. The van der Waals surface area contributed by atoms with Crippen LogP contribution in [0.5, 0.6) is 5.75 Å². The van der Waals surface area contributed by atoms with Gasteiger partial charge in [-0.25, -0.2) is 15.0 Å². The highest BCUT2D eigenvalue weighted by molar-refractivity contribution is 6.04. The van der Waals surface area contributed by atoms with E-state index in [1.165, 1.54) is 4.57 Å². The van der Waals surface area contributed by atoms with E-state index in [2.05, 4.69) is 0 Å². The molecule has 6 rings (SSSR count). The monoisotopic (exact) mass is 433 g/mol. The summed E-state index contributed by atoms with van der Waals surface area (Å²) in [6.45, 7) is 0.527. The predicted octanol–water partition coefficient (Wildman–Crippen LogP) is 4.34. The second kappa shape index (κ2) is 7.56. The van der Waals surface area contributed by atoms with Gasteiger partial charge in [-0.15, -0.1) is 0 Å². The standard InChI is InChI=1S/C26H19N5O2/c1-33-21-14-8-7-13-20(21)31-16-27-24-22(26(31)32)23-25(29-19-12-6-5-11-18(19)28-23)30(24)15-17-9-3-2-4-10-17/h2-14,16H,15H2,1H3. The Bertz CT molecular complexity index is 1700. The van der Waals surface area contributed by atoms with Gasteiger partial charge in [-0.1, -0.05) is 54.6 Å². The van der Waals surface area contributed by atoms with E-state index < -0.39 is 0 Å². The van der Waals surface area contributed by atoms with Gasteiger partial charge >= 0.3 is 0 Å². The molecule has 0 bridgehead atoms. The fraction of sp³-hybridized carbons (Fsp3) is 0.0769. The Hall–Kier alpha value is -4.52. The minimum absolute atomic E-state index is 0.217. The van der Waals surface area contributed by atoms with E-state index in [9.17, 15) is 4.79 Å². The molecule has 7 heteroatoms. The fourth-order valence-electron chi connectivity index (χ4n) is 4.22. The van der Waals surface area contributed by atoms with Crippen LogP contribution in [0.25, 0.3) is 38.9 Å². The highest BCUT2D eigenvalue weighted by atomic mass is 16.5. The first-order valence-corrected chi connectivity index (χ1v) is 10.6. The molecule has 0 saturated carbocycles. The molecular formula is C26H19N5O2. The van der Waals surface area contributed by atoms with Crippen molar-refractivity contribution in [2.24, 2.45) is 0 Å². The highest BCUT2D eigenvalue weighted by Crippen LogP contribution is 2.27. The zero-order valence-corrected chi connectivity index (χ0v) is 17.8. The minimum Gasteiger partial charge on any atom is -0.495 e. The van der Waals surface area contributed by atoms with Gasteiger partial charge in [-0.3, -0.25) is 9.36 Å². The van der Waals surface area contributed by atoms with E-state index >= 15 is 0 Å². The quantitative estimate of drug-likeness (QED) is 0.413. The van der Waals surface area contributed by atoms with Crippen molar-refractivity contribution in [3.05, 3.63) is 101 Å². The van der Waals surface area contributed by atoms with E-state index in [0.717, 1.165) is 16.6 Å². The number of para-hydroxylation sites is 4. The van der Waals surface area contributed by atoms with Crippen molar-refractivity contribution < 1.29 is 4.74 Å². The van der Waals surface area contributed by atoms with Crippen molar-refractivity contribution >= 4 is 33.2 Å². The lowest BCUT2D eigenvalue weighted by Gasteiger charge is -2.10. The van der Waals surface area contributed by atoms with Crippen molar-refractivity contribution in [2.75, 3.05) is 7.11 Å². The van der Waals surface area contributed by atoms with Crippen LogP contribution in [0.15, 0.2) is 90.0 Å². The molecule has 6 aromatic rings. The first-order valence-electron chi connectivity index (χ1n) is 10.6. The molecule has 3 aromatic carbocycles. The maximum absolute atomic E-state index is 13.8. The summed E-state index contributed by atoms with van der Waals surface area (Å²) in [5.74, 6) is 0.588. The van der Waals surface area contributed by atoms with E-state index in [0.29, 0.717) is 40.2 Å². The predicted molar refractivity (Wildman–Crippen MR) is 128 cm³/mol. The molecule has 0 radical (unpaired) electrons. The molecule has 3 heterocycles. The van der Waals surface area contributed by atoms with Crippen molar-refractivity contribution in [3.63, 3.8) is 0 Å². The summed E-state index contributed by atoms with van der Waals surface area (Å²) in [5, 5.41) is 0.438. The van der Waals surface area contributed by atoms with Gasteiger partial charge in [0, 0.05) is 0 Å². The van der Waals surface area contributed by atoms with Gasteiger partial charge in [0.25, 0.3) is 5.56 Å². The molecule has 0 N–H and O–H groups in total. The van der Waals surface area contributed by atoms with Crippen molar-refractivity contribution in [3.8, 4) is 11.4 Å². The first kappa shape index (κ1) is 19.2. The molecule has 0 spiro atoms. The number of methoxy groups -OCH3 is 1. The maximum atomic E-state index is 13.8. The molecule has 0 aliphatic rings. The number of ether oxygens (including phenoxy) is 1. The molecule has 3 aromatic heterocycles. The zero-order valence-electron chi connectivity index (χ0n) is 17.8. The van der Waals surface area contributed by atoms with E-state index in [4.69, 9.17) is 19.7 Å². The van der Waals surface area contributed by atoms with Gasteiger partial charge in [0.05, 0.1) is 30.4 Å². The molecule has 33 heavy (non-hydrogen) atoms. The molecule has 0 unspecified atom stereocenters. The van der Waals surface area contributed by atoms with Crippen LogP contribution in [-0.2, 0) is 6.54 Å². The van der Waals surface area contributed by atoms with Crippen molar-refractivity contribution in [1.29, 1.82) is 0 Å². The van der Waals surface area contributed by atoms with E-state index in [1.54, 1.807) is 13.4 Å². The van der Waals surface area contributed by atoms with Crippen LogP contribution in [0.4, 0.5) is 0 Å². The van der Waals surface area contributed by atoms with Gasteiger partial charge in [-0.05, 0) is 29.8 Å². The van der Waals surface area contributed by atoms with E-state index in [-0.39, 0.29) is 5.56 Å². The van der Waals surface area contributed by atoms with Gasteiger partial charge in [0.15, 0.2) is 11.3 Å². The van der Waals surface area contributed by atoms with Crippen LogP contribution in [0.2, 0.25) is 0 Å². The summed E-state index contributed by atoms with van der Waals surface area (Å²) in [4.78, 5) is 28.2. The lowest BCUT2D eigenvalue weighted by molar-refractivity contribution is 0.412. The van der Waals surface area contributed by atoms with E-state index in [1.807, 2.05) is 83.4 Å². The van der Waals surface area contributed by atoms with Gasteiger partial charge in [-0.2, -0.15) is 0 Å². The van der Waals surface area contributed by atoms with Crippen LogP contribution >= 0.6 is 0 Å². The summed E-state index contributed by atoms with van der Waals surface area (Å²) >= 11 is 0. The van der Waals surface area contributed by atoms with Crippen LogP contribution in [-0.4, -0.2) is 31.2 Å². The Morgan fingerprint density at radius 1 is 0.818 bits per heavy atom. The fourth-order valence-corrected chi connectivity index (χ4v) is 4.22. The number of aromatic nitrogens is 5. The average Bonchev–Trinajstić information content (AvgIpc) is 3.16. The molecule has 0 aliphatic carbocycles. The Labute approximate surface area is 188 Å². The van der Waals surface area contributed by atoms with Gasteiger partial charge in [0.1, 0.15) is 23.0 Å². The first-order chi connectivity index (χ1) is 16.2. The molecule has 0 atom stereocenters. The molecule has 0 saturated heterocycles. The summed E-state index contributed by atoms with van der Waals surface area (Å²) in [5.41, 5.74) is 4.73. The highest BCUT2D eigenvalue weighted by Gasteiger charge is 2.21. The van der Waals surface area contributed by atoms with Crippen molar-refractivity contribution in [1.82, 2.24) is 24.1 Å². The second-order valence-corrected chi connectivity index (χ2v) is 7.75. The average molecular weight is 433 g/mol. The summed E-state index contributed by atoms with van der Waals surface area (Å²) < 4.78 is 8.95. The number of fused-ring (bicyclic) bond motifs is 4. The normalized spacial score (nSPS) is 11.4. The smallest absolute Gasteiger partial charge is 0.269 e. The molecule has 7 nitrogen and oxygen atoms in total. The zero-order chi connectivity index (χ0) is 22.4. The maximum Gasteiger partial charge on any atom is 0.269 e. The number of hydrogen-bond donors (Lipinski definition) is 0. The lowest BCUT2D eigenvalue weighted by atomic mass is 10.2. The van der Waals surface area contributed by atoms with Crippen LogP contribution < -0.4 is 10.3 Å². The van der Waals surface area contributed by atoms with Crippen molar-refractivity contribution in [2.45, 2.75) is 6.54 Å². The van der Waals surface area contributed by atoms with Crippen LogP contribution in [0, 0.1) is 0 Å². The third-order valence-corrected chi connectivity index (χ3v) is 5.78. The minimum atomic E-state index is -0.217. The molecule has 160 valence electrons. The lowest BCUT2D eigenvalue weighted by Crippen LogP contribution is -2.19. The Balaban J connectivity index is 1.71. The molecule has 0 aliphatic heterocycles. The second-order valence-electron chi connectivity index (χ2n) is 7.75. The Kier molecular flexibility index (Phi) is 4.40. The van der Waals surface area contributed by atoms with Crippen LogP contribution in [0.1, 0.15) is 5.56 Å². The topological polar surface area (TPSA) is 74.8 Å². The van der Waals surface area contributed by atoms with Crippen LogP contribution in [0.3, 0.4) is 0 Å². The molecule has 0 amide bonds. The summed E-state index contributed by atoms with van der Waals surface area (Å²) in [6.07, 6.45) is 1.54. The van der Waals surface area contributed by atoms with Gasteiger partial charge < -0.3 is 9.30 Å². The number of benzene rings is 3. The summed E-state index contributed by atoms with van der Waals surface area (Å²) in [7, 11) is 1.58. The summed E-state index contributed by atoms with van der Waals surface area (Å²) in [6, 6.07) is 25.1. The SMILES string of the molecule is COc1ccccc1-n1cnc2c(c1=O)c1nc3ccccc3nc1n2Cc1ccccc1. The largest absolute Gasteiger partial charge is 0.495 e. The molecular weight excluding hydrogens is 414 g/mol. The number of rotatable bonds is 4. The van der Waals surface area contributed by atoms with Gasteiger partial charge in [0.2, 0.25) is 0 Å². The Morgan fingerprint density at radius 2 is 1.52 bits per heavy atom. The third kappa shape index (κ3) is 3.05.